The first kappa shape index (κ1) is 15.2. The third-order valence-corrected chi connectivity index (χ3v) is 4.59. The van der Waals surface area contributed by atoms with E-state index < -0.39 is 0 Å². The highest BCUT2D eigenvalue weighted by Crippen LogP contribution is 2.35. The van der Waals surface area contributed by atoms with Gasteiger partial charge >= 0.3 is 0 Å². The number of fused-ring (bicyclic) bond motifs is 1. The van der Waals surface area contributed by atoms with E-state index in [4.69, 9.17) is 20.8 Å². The second-order valence-electron chi connectivity index (χ2n) is 5.92. The van der Waals surface area contributed by atoms with Crippen LogP contribution in [0.1, 0.15) is 18.1 Å². The molecule has 1 unspecified atom stereocenters. The van der Waals surface area contributed by atoms with Crippen LogP contribution in [0, 0.1) is 0 Å². The molecule has 3 aromatic rings. The van der Waals surface area contributed by atoms with Crippen molar-refractivity contribution in [2.24, 2.45) is 0 Å². The Labute approximate surface area is 143 Å². The van der Waals surface area contributed by atoms with Crippen LogP contribution in [-0.2, 0) is 4.74 Å². The molecule has 4 nitrogen and oxygen atoms in total. The number of aromatic hydroxyl groups is 1. The van der Waals surface area contributed by atoms with Gasteiger partial charge in [-0.05, 0) is 36.2 Å². The quantitative estimate of drug-likeness (QED) is 0.753. The molecule has 5 heteroatoms. The Morgan fingerprint density at radius 3 is 2.62 bits per heavy atom. The van der Waals surface area contributed by atoms with Gasteiger partial charge in [0.2, 0.25) is 5.43 Å². The Balaban J connectivity index is 2.03. The van der Waals surface area contributed by atoms with E-state index in [1.807, 2.05) is 12.1 Å². The highest BCUT2D eigenvalue weighted by molar-refractivity contribution is 6.30. The maximum atomic E-state index is 13.1. The van der Waals surface area contributed by atoms with Gasteiger partial charge in [0.25, 0.3) is 0 Å². The molecule has 1 aliphatic rings. The number of ether oxygens (including phenoxy) is 1. The minimum Gasteiger partial charge on any atom is -0.508 e. The Kier molecular flexibility index (Phi) is 3.79. The molecule has 122 valence electrons. The van der Waals surface area contributed by atoms with Crippen molar-refractivity contribution in [1.29, 1.82) is 0 Å². The van der Waals surface area contributed by atoms with Crippen LogP contribution in [0.4, 0.5) is 0 Å². The fraction of sp³-hybridized carbons (Fsp3) is 0.211. The standard InChI is InChI=1S/C19H15ClO4/c20-13-3-1-11(2-4-13)17-18(22)15-6-5-14(21)9-16(15)24-19(17)12-7-8-23-10-12/h1-6,9,12,21H,7-8,10H2. The van der Waals surface area contributed by atoms with Gasteiger partial charge in [0.05, 0.1) is 17.6 Å². The van der Waals surface area contributed by atoms with Crippen LogP contribution in [0.3, 0.4) is 0 Å². The van der Waals surface area contributed by atoms with Crippen LogP contribution >= 0.6 is 11.6 Å². The summed E-state index contributed by atoms with van der Waals surface area (Å²) in [6, 6.07) is 11.7. The molecule has 1 N–H and O–H groups in total. The second-order valence-corrected chi connectivity index (χ2v) is 6.35. The first-order chi connectivity index (χ1) is 11.6. The molecule has 0 saturated carbocycles. The molecule has 1 atom stereocenters. The van der Waals surface area contributed by atoms with Crippen LogP contribution in [0.15, 0.2) is 51.7 Å². The molecule has 24 heavy (non-hydrogen) atoms. The largest absolute Gasteiger partial charge is 0.508 e. The summed E-state index contributed by atoms with van der Waals surface area (Å²) in [6.45, 7) is 1.17. The van der Waals surface area contributed by atoms with Gasteiger partial charge in [-0.2, -0.15) is 0 Å². The number of hydrogen-bond donors (Lipinski definition) is 1. The van der Waals surface area contributed by atoms with Crippen molar-refractivity contribution in [2.75, 3.05) is 13.2 Å². The van der Waals surface area contributed by atoms with Gasteiger partial charge < -0.3 is 14.3 Å². The monoisotopic (exact) mass is 342 g/mol. The number of rotatable bonds is 2. The molecule has 0 radical (unpaired) electrons. The molecule has 0 spiro atoms. The topological polar surface area (TPSA) is 59.7 Å². The summed E-state index contributed by atoms with van der Waals surface area (Å²) in [4.78, 5) is 13.1. The van der Waals surface area contributed by atoms with E-state index in [-0.39, 0.29) is 17.1 Å². The maximum Gasteiger partial charge on any atom is 0.200 e. The number of phenols is 1. The van der Waals surface area contributed by atoms with Gasteiger partial charge in [-0.25, -0.2) is 0 Å². The van der Waals surface area contributed by atoms with E-state index in [0.717, 1.165) is 12.0 Å². The van der Waals surface area contributed by atoms with E-state index in [1.165, 1.54) is 12.1 Å². The zero-order valence-electron chi connectivity index (χ0n) is 12.8. The van der Waals surface area contributed by atoms with Crippen molar-refractivity contribution >= 4 is 22.6 Å². The van der Waals surface area contributed by atoms with E-state index in [9.17, 15) is 9.90 Å². The molecule has 1 aliphatic heterocycles. The van der Waals surface area contributed by atoms with Gasteiger partial charge in [-0.15, -0.1) is 0 Å². The predicted octanol–water partition coefficient (Wildman–Crippen LogP) is 4.32. The molecule has 0 bridgehead atoms. The first-order valence-electron chi connectivity index (χ1n) is 7.77. The summed E-state index contributed by atoms with van der Waals surface area (Å²) in [5, 5.41) is 10.7. The van der Waals surface area contributed by atoms with Crippen LogP contribution in [0.5, 0.6) is 5.75 Å². The number of phenolic OH excluding ortho intramolecular Hbond substituents is 1. The number of benzene rings is 2. The number of halogens is 1. The highest BCUT2D eigenvalue weighted by Gasteiger charge is 2.27. The highest BCUT2D eigenvalue weighted by atomic mass is 35.5. The Bertz CT molecular complexity index is 954. The Morgan fingerprint density at radius 2 is 1.92 bits per heavy atom. The average Bonchev–Trinajstić information content (AvgIpc) is 3.10. The maximum absolute atomic E-state index is 13.1. The summed E-state index contributed by atoms with van der Waals surface area (Å²) in [7, 11) is 0. The van der Waals surface area contributed by atoms with Gasteiger partial charge in [0, 0.05) is 23.6 Å². The minimum atomic E-state index is -0.111. The SMILES string of the molecule is O=c1c(-c2ccc(Cl)cc2)c(C2CCOC2)oc2cc(O)ccc12. The minimum absolute atomic E-state index is 0.0233. The van der Waals surface area contributed by atoms with Gasteiger partial charge in [-0.3, -0.25) is 4.79 Å². The first-order valence-corrected chi connectivity index (χ1v) is 8.14. The second kappa shape index (κ2) is 5.96. The Hall–Kier alpha value is -2.30. The summed E-state index contributed by atoms with van der Waals surface area (Å²) < 4.78 is 11.5. The molecule has 0 amide bonds. The third-order valence-electron chi connectivity index (χ3n) is 4.34. The van der Waals surface area contributed by atoms with Gasteiger partial charge in [0.15, 0.2) is 0 Å². The van der Waals surface area contributed by atoms with E-state index in [2.05, 4.69) is 0 Å². The molecule has 2 aromatic carbocycles. The summed E-state index contributed by atoms with van der Waals surface area (Å²) in [5.74, 6) is 0.701. The van der Waals surface area contributed by atoms with Crippen molar-refractivity contribution in [1.82, 2.24) is 0 Å². The van der Waals surface area contributed by atoms with Crippen molar-refractivity contribution in [3.05, 3.63) is 63.5 Å². The summed E-state index contributed by atoms with van der Waals surface area (Å²) in [5.41, 5.74) is 1.59. The van der Waals surface area contributed by atoms with Gasteiger partial charge in [-0.1, -0.05) is 23.7 Å². The smallest absolute Gasteiger partial charge is 0.200 e. The lowest BCUT2D eigenvalue weighted by atomic mass is 9.94. The van der Waals surface area contributed by atoms with Crippen molar-refractivity contribution in [2.45, 2.75) is 12.3 Å². The van der Waals surface area contributed by atoms with Crippen molar-refractivity contribution in [3.63, 3.8) is 0 Å². The third kappa shape index (κ3) is 2.58. The Morgan fingerprint density at radius 1 is 1.12 bits per heavy atom. The predicted molar refractivity (Wildman–Crippen MR) is 92.8 cm³/mol. The normalized spacial score (nSPS) is 17.5. The van der Waals surface area contributed by atoms with Crippen LogP contribution in [0.2, 0.25) is 5.02 Å². The fourth-order valence-corrected chi connectivity index (χ4v) is 3.24. The van der Waals surface area contributed by atoms with Crippen LogP contribution < -0.4 is 5.43 Å². The zero-order chi connectivity index (χ0) is 16.7. The molecular weight excluding hydrogens is 328 g/mol. The molecule has 1 saturated heterocycles. The number of hydrogen-bond acceptors (Lipinski definition) is 4. The fourth-order valence-electron chi connectivity index (χ4n) is 3.12. The van der Waals surface area contributed by atoms with Crippen LogP contribution in [-0.4, -0.2) is 18.3 Å². The molecule has 1 aromatic heterocycles. The lowest BCUT2D eigenvalue weighted by Gasteiger charge is -2.14. The van der Waals surface area contributed by atoms with Crippen molar-refractivity contribution in [3.8, 4) is 16.9 Å². The van der Waals surface area contributed by atoms with Crippen molar-refractivity contribution < 1.29 is 14.3 Å². The van der Waals surface area contributed by atoms with Crippen LogP contribution in [0.25, 0.3) is 22.1 Å². The molecule has 1 fully saturated rings. The van der Waals surface area contributed by atoms with E-state index >= 15 is 0 Å². The lowest BCUT2D eigenvalue weighted by molar-refractivity contribution is 0.191. The average molecular weight is 343 g/mol. The molecule has 4 rings (SSSR count). The molecule has 0 aliphatic carbocycles. The lowest BCUT2D eigenvalue weighted by Crippen LogP contribution is -2.12. The molecular formula is C19H15ClO4. The summed E-state index contributed by atoms with van der Waals surface area (Å²) in [6.07, 6.45) is 0.799. The van der Waals surface area contributed by atoms with Gasteiger partial charge in [0.1, 0.15) is 17.1 Å². The summed E-state index contributed by atoms with van der Waals surface area (Å²) >= 11 is 5.97. The van der Waals surface area contributed by atoms with E-state index in [0.29, 0.717) is 40.5 Å². The zero-order valence-corrected chi connectivity index (χ0v) is 13.5. The van der Waals surface area contributed by atoms with E-state index in [1.54, 1.807) is 18.2 Å². The molecule has 2 heterocycles.